The number of furan rings is 1. The molecule has 2 amide bonds. The first-order chi connectivity index (χ1) is 15.5. The van der Waals surface area contributed by atoms with Crippen LogP contribution >= 0.6 is 0 Å². The number of fused-ring (bicyclic) bond motifs is 1. The molecular weight excluding hydrogens is 402 g/mol. The summed E-state index contributed by atoms with van der Waals surface area (Å²) in [5, 5.41) is 6.51. The Balaban J connectivity index is 1.67. The molecule has 32 heavy (non-hydrogen) atoms. The average Bonchev–Trinajstić information content (AvgIpc) is 3.25. The molecule has 2 N–H and O–H groups in total. The zero-order valence-electron chi connectivity index (χ0n) is 18.1. The number of aryl methyl sites for hydroxylation is 2. The third kappa shape index (κ3) is 3.47. The van der Waals surface area contributed by atoms with Gasteiger partial charge in [0, 0.05) is 23.4 Å². The Morgan fingerprint density at radius 1 is 1.09 bits per heavy atom. The van der Waals surface area contributed by atoms with E-state index >= 15 is 0 Å². The molecule has 1 aliphatic heterocycles. The molecule has 1 aromatic heterocycles. The van der Waals surface area contributed by atoms with Crippen molar-refractivity contribution in [3.05, 3.63) is 89.0 Å². The molecule has 6 nitrogen and oxygen atoms in total. The van der Waals surface area contributed by atoms with Gasteiger partial charge in [-0.05, 0) is 62.6 Å². The van der Waals surface area contributed by atoms with Crippen LogP contribution in [0.15, 0.2) is 76.5 Å². The lowest BCUT2D eigenvalue weighted by atomic mass is 9.88. The maximum absolute atomic E-state index is 13.8. The highest BCUT2D eigenvalue weighted by Crippen LogP contribution is 2.45. The lowest BCUT2D eigenvalue weighted by Gasteiger charge is -2.32. The van der Waals surface area contributed by atoms with E-state index in [2.05, 4.69) is 10.6 Å². The number of nitrogens with zero attached hydrogens (tertiary/aromatic N) is 1. The van der Waals surface area contributed by atoms with Crippen LogP contribution in [0, 0.1) is 13.8 Å². The molecule has 1 aliphatic carbocycles. The molecule has 2 heterocycles. The molecule has 0 fully saturated rings. The van der Waals surface area contributed by atoms with Crippen LogP contribution in [-0.2, 0) is 4.79 Å². The molecule has 3 aromatic rings. The van der Waals surface area contributed by atoms with Crippen LogP contribution in [0.1, 0.15) is 42.2 Å². The number of benzene rings is 2. The third-order valence-electron chi connectivity index (χ3n) is 6.09. The fourth-order valence-corrected chi connectivity index (χ4v) is 4.60. The molecule has 1 unspecified atom stereocenters. The summed E-state index contributed by atoms with van der Waals surface area (Å²) in [6, 6.07) is 16.2. The second-order valence-electron chi connectivity index (χ2n) is 8.35. The van der Waals surface area contributed by atoms with Gasteiger partial charge in [-0.1, -0.05) is 29.8 Å². The molecular formula is C26H25N3O3. The summed E-state index contributed by atoms with van der Waals surface area (Å²) in [5.41, 5.74) is 5.77. The number of amides is 2. The van der Waals surface area contributed by atoms with Gasteiger partial charge in [0.05, 0.1) is 17.6 Å². The number of urea groups is 1. The van der Waals surface area contributed by atoms with Gasteiger partial charge in [-0.15, -0.1) is 0 Å². The van der Waals surface area contributed by atoms with Crippen LogP contribution in [0.5, 0.6) is 0 Å². The number of para-hydroxylation sites is 2. The first-order valence-electron chi connectivity index (χ1n) is 10.9. The van der Waals surface area contributed by atoms with E-state index in [9.17, 15) is 9.59 Å². The van der Waals surface area contributed by atoms with Crippen LogP contribution < -0.4 is 15.5 Å². The number of allylic oxidation sites excluding steroid dienone is 1. The van der Waals surface area contributed by atoms with Crippen LogP contribution in [0.3, 0.4) is 0 Å². The van der Waals surface area contributed by atoms with Gasteiger partial charge in [0.25, 0.3) is 0 Å². The van der Waals surface area contributed by atoms with Crippen LogP contribution in [0.25, 0.3) is 0 Å². The molecule has 2 aliphatic rings. The fourth-order valence-electron chi connectivity index (χ4n) is 4.60. The highest BCUT2D eigenvalue weighted by molar-refractivity contribution is 6.09. The van der Waals surface area contributed by atoms with Gasteiger partial charge in [-0.3, -0.25) is 9.69 Å². The lowest BCUT2D eigenvalue weighted by Crippen LogP contribution is -2.40. The molecule has 6 heteroatoms. The summed E-state index contributed by atoms with van der Waals surface area (Å²) in [6.45, 7) is 3.99. The zero-order valence-corrected chi connectivity index (χ0v) is 18.1. The number of carbonyl (C=O) groups is 2. The minimum Gasteiger partial charge on any atom is -0.467 e. The van der Waals surface area contributed by atoms with Gasteiger partial charge in [-0.25, -0.2) is 4.79 Å². The van der Waals surface area contributed by atoms with Crippen molar-refractivity contribution < 1.29 is 14.0 Å². The van der Waals surface area contributed by atoms with Crippen molar-refractivity contribution in [3.63, 3.8) is 0 Å². The van der Waals surface area contributed by atoms with E-state index in [0.29, 0.717) is 23.4 Å². The van der Waals surface area contributed by atoms with Gasteiger partial charge in [0.1, 0.15) is 11.8 Å². The molecule has 0 radical (unpaired) electrons. The number of anilines is 3. The van der Waals surface area contributed by atoms with Gasteiger partial charge in [0.2, 0.25) is 0 Å². The zero-order chi connectivity index (χ0) is 22.2. The summed E-state index contributed by atoms with van der Waals surface area (Å²) in [6.07, 6.45) is 3.57. The summed E-state index contributed by atoms with van der Waals surface area (Å²) >= 11 is 0. The number of ketones is 1. The maximum Gasteiger partial charge on any atom is 0.327 e. The first kappa shape index (κ1) is 20.1. The number of rotatable bonds is 2. The van der Waals surface area contributed by atoms with E-state index in [1.165, 1.54) is 0 Å². The normalized spacial score (nSPS) is 17.9. The smallest absolute Gasteiger partial charge is 0.327 e. The standard InChI is InChI=1S/C26H25N3O3/c1-16-12-13-18(17(2)15-16)28-26(31)29-21-9-4-3-7-19(21)27-20-8-5-10-22(30)24(20)25(29)23-11-6-14-32-23/h3-4,6-7,9,11-15,25,27H,5,8,10H2,1-2H3,(H,28,31). The molecule has 0 bridgehead atoms. The predicted octanol–water partition coefficient (Wildman–Crippen LogP) is 6.11. The minimum atomic E-state index is -0.658. The van der Waals surface area contributed by atoms with E-state index in [0.717, 1.165) is 41.0 Å². The van der Waals surface area contributed by atoms with Crippen molar-refractivity contribution in [2.75, 3.05) is 15.5 Å². The van der Waals surface area contributed by atoms with Crippen molar-refractivity contribution in [3.8, 4) is 0 Å². The van der Waals surface area contributed by atoms with E-state index in [1.807, 2.05) is 62.4 Å². The van der Waals surface area contributed by atoms with E-state index < -0.39 is 6.04 Å². The van der Waals surface area contributed by atoms with Crippen molar-refractivity contribution in [1.82, 2.24) is 0 Å². The van der Waals surface area contributed by atoms with E-state index in [-0.39, 0.29) is 11.8 Å². The second-order valence-corrected chi connectivity index (χ2v) is 8.35. The van der Waals surface area contributed by atoms with Crippen LogP contribution in [0.4, 0.5) is 21.9 Å². The Kier molecular flexibility index (Phi) is 5.05. The Bertz CT molecular complexity index is 1230. The summed E-state index contributed by atoms with van der Waals surface area (Å²) < 4.78 is 5.78. The predicted molar refractivity (Wildman–Crippen MR) is 125 cm³/mol. The highest BCUT2D eigenvalue weighted by atomic mass is 16.3. The van der Waals surface area contributed by atoms with Crippen molar-refractivity contribution in [1.29, 1.82) is 0 Å². The number of hydrogen-bond donors (Lipinski definition) is 2. The molecule has 0 spiro atoms. The Hall–Kier alpha value is -3.80. The van der Waals surface area contributed by atoms with Gasteiger partial charge >= 0.3 is 6.03 Å². The summed E-state index contributed by atoms with van der Waals surface area (Å²) in [7, 11) is 0. The quantitative estimate of drug-likeness (QED) is 0.517. The first-order valence-corrected chi connectivity index (χ1v) is 10.9. The molecule has 0 saturated carbocycles. The Morgan fingerprint density at radius 3 is 2.72 bits per heavy atom. The monoisotopic (exact) mass is 427 g/mol. The van der Waals surface area contributed by atoms with E-state index in [4.69, 9.17) is 4.42 Å². The highest BCUT2D eigenvalue weighted by Gasteiger charge is 2.41. The Morgan fingerprint density at radius 2 is 1.94 bits per heavy atom. The van der Waals surface area contributed by atoms with Gasteiger partial charge < -0.3 is 15.1 Å². The average molecular weight is 428 g/mol. The van der Waals surface area contributed by atoms with Crippen molar-refractivity contribution >= 4 is 28.9 Å². The molecule has 5 rings (SSSR count). The van der Waals surface area contributed by atoms with Crippen molar-refractivity contribution in [2.24, 2.45) is 0 Å². The van der Waals surface area contributed by atoms with Crippen LogP contribution in [0.2, 0.25) is 0 Å². The van der Waals surface area contributed by atoms with Gasteiger partial charge in [-0.2, -0.15) is 0 Å². The summed E-state index contributed by atoms with van der Waals surface area (Å²) in [5.74, 6) is 0.597. The number of hydrogen-bond acceptors (Lipinski definition) is 4. The fraction of sp³-hybridized carbons (Fsp3) is 0.231. The van der Waals surface area contributed by atoms with Crippen LogP contribution in [-0.4, -0.2) is 11.8 Å². The second kappa shape index (κ2) is 8.04. The van der Waals surface area contributed by atoms with Gasteiger partial charge in [0.15, 0.2) is 5.78 Å². The number of nitrogens with one attached hydrogen (secondary N) is 2. The maximum atomic E-state index is 13.8. The topological polar surface area (TPSA) is 74.6 Å². The lowest BCUT2D eigenvalue weighted by molar-refractivity contribution is -0.116. The summed E-state index contributed by atoms with van der Waals surface area (Å²) in [4.78, 5) is 28.6. The largest absolute Gasteiger partial charge is 0.467 e. The minimum absolute atomic E-state index is 0.0391. The number of carbonyl (C=O) groups excluding carboxylic acids is 2. The van der Waals surface area contributed by atoms with E-state index in [1.54, 1.807) is 17.2 Å². The molecule has 0 saturated heterocycles. The SMILES string of the molecule is Cc1ccc(NC(=O)N2c3ccccc3NC3=C(C(=O)CCC3)C2c2ccco2)c(C)c1. The molecule has 162 valence electrons. The molecule has 1 atom stereocenters. The Labute approximate surface area is 186 Å². The third-order valence-corrected chi connectivity index (χ3v) is 6.09. The number of Topliss-reactive ketones (excluding diaryl/α,β-unsaturated/α-hetero) is 1. The molecule has 2 aromatic carbocycles. The van der Waals surface area contributed by atoms with Crippen molar-refractivity contribution in [2.45, 2.75) is 39.2 Å².